The van der Waals surface area contributed by atoms with Crippen LogP contribution in [0.25, 0.3) is 0 Å². The summed E-state index contributed by atoms with van der Waals surface area (Å²) < 4.78 is 0. The van der Waals surface area contributed by atoms with E-state index < -0.39 is 0 Å². The van der Waals surface area contributed by atoms with Crippen LogP contribution in [-0.4, -0.2) is 11.0 Å². The quantitative estimate of drug-likeness (QED) is 0.817. The summed E-state index contributed by atoms with van der Waals surface area (Å²) in [6.07, 6.45) is 1.64. The van der Waals surface area contributed by atoms with Crippen LogP contribution >= 0.6 is 12.2 Å². The molecule has 0 spiro atoms. The number of hydrogen-bond acceptors (Lipinski definition) is 3. The Morgan fingerprint density at radius 3 is 2.61 bits per heavy atom. The first-order valence-electron chi connectivity index (χ1n) is 5.72. The predicted molar refractivity (Wildman–Crippen MR) is 75.0 cm³/mol. The molecule has 5 heteroatoms. The Morgan fingerprint density at radius 1 is 1.39 bits per heavy atom. The molecule has 0 aromatic heterocycles. The number of hydrogen-bond donors (Lipinski definition) is 2. The van der Waals surface area contributed by atoms with Gasteiger partial charge in [-0.05, 0) is 36.3 Å². The summed E-state index contributed by atoms with van der Waals surface area (Å²) in [7, 11) is 0. The number of nitrogens with one attached hydrogen (secondary N) is 2. The van der Waals surface area contributed by atoms with Crippen molar-refractivity contribution in [2.45, 2.75) is 26.2 Å². The Bertz CT molecular complexity index is 462. The molecule has 94 valence electrons. The molecule has 0 fully saturated rings. The van der Waals surface area contributed by atoms with Crippen LogP contribution in [0.4, 0.5) is 5.69 Å². The van der Waals surface area contributed by atoms with E-state index in [4.69, 9.17) is 17.5 Å². The molecule has 1 aromatic rings. The van der Waals surface area contributed by atoms with Gasteiger partial charge in [0.25, 0.3) is 0 Å². The average molecular weight is 261 g/mol. The molecule has 2 N–H and O–H groups in total. The maximum atomic E-state index is 11.3. The van der Waals surface area contributed by atoms with Gasteiger partial charge in [0.1, 0.15) is 0 Å². The Labute approximate surface area is 112 Å². The minimum absolute atomic E-state index is 0.0869. The number of carbonyl (C=O) groups is 1. The van der Waals surface area contributed by atoms with Gasteiger partial charge in [-0.15, -0.1) is 0 Å². The summed E-state index contributed by atoms with van der Waals surface area (Å²) in [4.78, 5) is 11.3. The molecular weight excluding hydrogens is 246 g/mol. The van der Waals surface area contributed by atoms with Gasteiger partial charge in [0.15, 0.2) is 5.11 Å². The van der Waals surface area contributed by atoms with Crippen LogP contribution in [0.3, 0.4) is 0 Å². The summed E-state index contributed by atoms with van der Waals surface area (Å²) in [6.45, 7) is 1.93. The first-order valence-corrected chi connectivity index (χ1v) is 6.13. The Hall–Kier alpha value is -1.93. The van der Waals surface area contributed by atoms with Gasteiger partial charge >= 0.3 is 0 Å². The number of amides is 1. The fourth-order valence-corrected chi connectivity index (χ4v) is 1.61. The Morgan fingerprint density at radius 2 is 2.06 bits per heavy atom. The largest absolute Gasteiger partial charge is 0.332 e. The van der Waals surface area contributed by atoms with Crippen LogP contribution in [0.5, 0.6) is 0 Å². The maximum absolute atomic E-state index is 11.3. The summed E-state index contributed by atoms with van der Waals surface area (Å²) in [5.41, 5.74) is 1.74. The standard InChI is InChI=1S/C13H15N3OS/c1-2-3-12(17)16-13(18)15-11-6-4-10(5-7-11)8-9-14/h4-7H,2-3,8H2,1H3,(H2,15,16,17,18). The lowest BCUT2D eigenvalue weighted by Crippen LogP contribution is -2.33. The molecule has 0 radical (unpaired) electrons. The molecule has 0 aliphatic rings. The van der Waals surface area contributed by atoms with Crippen molar-refractivity contribution in [3.05, 3.63) is 29.8 Å². The number of benzene rings is 1. The van der Waals surface area contributed by atoms with Crippen molar-refractivity contribution >= 4 is 28.9 Å². The van der Waals surface area contributed by atoms with E-state index >= 15 is 0 Å². The zero-order valence-corrected chi connectivity index (χ0v) is 11.0. The Balaban J connectivity index is 2.49. The normalized spacial score (nSPS) is 9.33. The minimum atomic E-state index is -0.0869. The smallest absolute Gasteiger partial charge is 0.226 e. The van der Waals surface area contributed by atoms with E-state index in [2.05, 4.69) is 16.7 Å². The predicted octanol–water partition coefficient (Wildman–Crippen LogP) is 2.37. The van der Waals surface area contributed by atoms with Crippen molar-refractivity contribution in [1.29, 1.82) is 5.26 Å². The van der Waals surface area contributed by atoms with Gasteiger partial charge in [0.05, 0.1) is 12.5 Å². The third kappa shape index (κ3) is 4.93. The topological polar surface area (TPSA) is 64.9 Å². The molecule has 4 nitrogen and oxygen atoms in total. The third-order valence-electron chi connectivity index (χ3n) is 2.22. The first kappa shape index (κ1) is 14.1. The minimum Gasteiger partial charge on any atom is -0.332 e. The molecule has 18 heavy (non-hydrogen) atoms. The van der Waals surface area contributed by atoms with Gasteiger partial charge in [0.2, 0.25) is 5.91 Å². The molecule has 0 bridgehead atoms. The second-order valence-electron chi connectivity index (χ2n) is 3.78. The van der Waals surface area contributed by atoms with Crippen LogP contribution in [0.2, 0.25) is 0 Å². The van der Waals surface area contributed by atoms with Gasteiger partial charge in [-0.25, -0.2) is 0 Å². The fraction of sp³-hybridized carbons (Fsp3) is 0.308. The zero-order chi connectivity index (χ0) is 13.4. The molecule has 0 saturated heterocycles. The molecule has 0 saturated carbocycles. The van der Waals surface area contributed by atoms with Gasteiger partial charge in [0, 0.05) is 12.1 Å². The molecule has 1 amide bonds. The first-order chi connectivity index (χ1) is 8.65. The van der Waals surface area contributed by atoms with E-state index in [1.54, 1.807) is 0 Å². The second kappa shape index (κ2) is 7.41. The second-order valence-corrected chi connectivity index (χ2v) is 4.19. The van der Waals surface area contributed by atoms with Gasteiger partial charge in [-0.3, -0.25) is 4.79 Å². The monoisotopic (exact) mass is 261 g/mol. The lowest BCUT2D eigenvalue weighted by atomic mass is 10.1. The molecule has 0 aliphatic carbocycles. The third-order valence-corrected chi connectivity index (χ3v) is 2.43. The summed E-state index contributed by atoms with van der Waals surface area (Å²) in [5, 5.41) is 14.4. The van der Waals surface area contributed by atoms with E-state index in [1.807, 2.05) is 31.2 Å². The van der Waals surface area contributed by atoms with Crippen LogP contribution in [-0.2, 0) is 11.2 Å². The molecule has 1 aromatic carbocycles. The lowest BCUT2D eigenvalue weighted by molar-refractivity contribution is -0.119. The number of thiocarbonyl (C=S) groups is 1. The van der Waals surface area contributed by atoms with Crippen LogP contribution in [0.15, 0.2) is 24.3 Å². The molecule has 1 rings (SSSR count). The summed E-state index contributed by atoms with van der Waals surface area (Å²) in [5.74, 6) is -0.0869. The highest BCUT2D eigenvalue weighted by atomic mass is 32.1. The highest BCUT2D eigenvalue weighted by Gasteiger charge is 2.03. The van der Waals surface area contributed by atoms with Crippen molar-refractivity contribution in [2.24, 2.45) is 0 Å². The maximum Gasteiger partial charge on any atom is 0.226 e. The number of carbonyl (C=O) groups excluding carboxylic acids is 1. The molecule has 0 heterocycles. The van der Waals surface area contributed by atoms with Crippen LogP contribution < -0.4 is 10.6 Å². The number of rotatable bonds is 4. The van der Waals surface area contributed by atoms with E-state index in [-0.39, 0.29) is 5.91 Å². The van der Waals surface area contributed by atoms with E-state index in [0.717, 1.165) is 17.7 Å². The van der Waals surface area contributed by atoms with Gasteiger partial charge in [-0.1, -0.05) is 19.1 Å². The van der Waals surface area contributed by atoms with E-state index in [0.29, 0.717) is 18.0 Å². The summed E-state index contributed by atoms with van der Waals surface area (Å²) >= 11 is 5.02. The molecular formula is C13H15N3OS. The molecule has 0 unspecified atom stereocenters. The SMILES string of the molecule is CCCC(=O)NC(=S)Nc1ccc(CC#N)cc1. The van der Waals surface area contributed by atoms with Gasteiger partial charge in [-0.2, -0.15) is 5.26 Å². The number of anilines is 1. The van der Waals surface area contributed by atoms with E-state index in [1.165, 1.54) is 0 Å². The fourth-order valence-electron chi connectivity index (χ4n) is 1.38. The van der Waals surface area contributed by atoms with Crippen LogP contribution in [0.1, 0.15) is 25.3 Å². The average Bonchev–Trinajstić information content (AvgIpc) is 2.32. The van der Waals surface area contributed by atoms with Crippen molar-refractivity contribution in [2.75, 3.05) is 5.32 Å². The zero-order valence-electron chi connectivity index (χ0n) is 10.2. The van der Waals surface area contributed by atoms with Gasteiger partial charge < -0.3 is 10.6 Å². The lowest BCUT2D eigenvalue weighted by Gasteiger charge is -2.09. The number of nitrogens with zero attached hydrogens (tertiary/aromatic N) is 1. The molecule has 0 aliphatic heterocycles. The van der Waals surface area contributed by atoms with Crippen molar-refractivity contribution < 1.29 is 4.79 Å². The highest BCUT2D eigenvalue weighted by molar-refractivity contribution is 7.80. The van der Waals surface area contributed by atoms with Crippen molar-refractivity contribution in [3.63, 3.8) is 0 Å². The van der Waals surface area contributed by atoms with Crippen molar-refractivity contribution in [1.82, 2.24) is 5.32 Å². The number of nitriles is 1. The highest BCUT2D eigenvalue weighted by Crippen LogP contribution is 2.09. The summed E-state index contributed by atoms with van der Waals surface area (Å²) in [6, 6.07) is 9.43. The van der Waals surface area contributed by atoms with Crippen LogP contribution in [0, 0.1) is 11.3 Å². The van der Waals surface area contributed by atoms with Crippen molar-refractivity contribution in [3.8, 4) is 6.07 Å². The Kier molecular flexibility index (Phi) is 5.81. The van der Waals surface area contributed by atoms with E-state index in [9.17, 15) is 4.79 Å². The molecule has 0 atom stereocenters.